The molecule has 5 rings (SSSR count). The zero-order valence-electron chi connectivity index (χ0n) is 20.6. The van der Waals surface area contributed by atoms with Crippen LogP contribution in [0.1, 0.15) is 36.3 Å². The van der Waals surface area contributed by atoms with Crippen LogP contribution in [-0.4, -0.2) is 32.4 Å². The van der Waals surface area contributed by atoms with Crippen LogP contribution < -0.4 is 15.4 Å². The van der Waals surface area contributed by atoms with Crippen molar-refractivity contribution in [1.29, 1.82) is 0 Å². The minimum absolute atomic E-state index is 0.0591. The fourth-order valence-electron chi connectivity index (χ4n) is 4.38. The quantitative estimate of drug-likeness (QED) is 0.311. The Kier molecular flexibility index (Phi) is 7.28. The molecule has 8 nitrogen and oxygen atoms in total. The lowest BCUT2D eigenvalue weighted by Gasteiger charge is -2.29. The molecule has 1 aliphatic rings. The van der Waals surface area contributed by atoms with E-state index in [1.807, 2.05) is 91.9 Å². The highest BCUT2D eigenvalue weighted by molar-refractivity contribution is 6.06. The van der Waals surface area contributed by atoms with Crippen LogP contribution in [0.2, 0.25) is 0 Å². The highest BCUT2D eigenvalue weighted by Crippen LogP contribution is 2.37. The van der Waals surface area contributed by atoms with E-state index in [4.69, 9.17) is 9.84 Å². The van der Waals surface area contributed by atoms with Crippen molar-refractivity contribution in [3.63, 3.8) is 0 Å². The first-order chi connectivity index (χ1) is 18.1. The van der Waals surface area contributed by atoms with Gasteiger partial charge in [0.25, 0.3) is 5.91 Å². The maximum Gasteiger partial charge on any atom is 0.255 e. The number of benzene rings is 3. The molecule has 1 aliphatic heterocycles. The number of hydrogen-bond donors (Lipinski definition) is 3. The number of amides is 1. The minimum Gasteiger partial charge on any atom is -0.489 e. The van der Waals surface area contributed by atoms with Crippen molar-refractivity contribution >= 4 is 17.5 Å². The predicted molar refractivity (Wildman–Crippen MR) is 142 cm³/mol. The van der Waals surface area contributed by atoms with Gasteiger partial charge in [-0.1, -0.05) is 60.7 Å². The highest BCUT2D eigenvalue weighted by atomic mass is 16.5. The van der Waals surface area contributed by atoms with Crippen LogP contribution >= 0.6 is 0 Å². The van der Waals surface area contributed by atoms with Crippen LogP contribution in [0, 0.1) is 0 Å². The molecule has 0 fully saturated rings. The molecule has 4 aromatic rings. The van der Waals surface area contributed by atoms with Crippen molar-refractivity contribution in [2.45, 2.75) is 32.4 Å². The molecule has 0 aliphatic carbocycles. The van der Waals surface area contributed by atoms with Gasteiger partial charge in [0.05, 0.1) is 5.57 Å². The van der Waals surface area contributed by atoms with E-state index in [9.17, 15) is 9.90 Å². The number of aryl methyl sites for hydroxylation is 1. The fraction of sp³-hybridized carbons (Fsp3) is 0.207. The zero-order valence-corrected chi connectivity index (χ0v) is 20.6. The number of nitrogens with zero attached hydrogens (tertiary/aromatic N) is 3. The van der Waals surface area contributed by atoms with Crippen molar-refractivity contribution < 1.29 is 14.6 Å². The SMILES string of the molecule is CC1=C(C(=O)Nc2ccccc2)C(c2cccc(OCc3ccccc3)c2)n2nc(CCCO)nc2N1. The van der Waals surface area contributed by atoms with Gasteiger partial charge in [0, 0.05) is 24.4 Å². The van der Waals surface area contributed by atoms with Crippen molar-refractivity contribution in [3.8, 4) is 5.75 Å². The maximum atomic E-state index is 13.6. The van der Waals surface area contributed by atoms with E-state index in [-0.39, 0.29) is 12.5 Å². The standard InChI is InChI=1S/C29H29N5O3/c1-20-26(28(36)31-23-13-6-3-7-14-23)27(34-29(30-20)32-25(33-34)16-9-17-35)22-12-8-15-24(18-22)37-19-21-10-4-2-5-11-21/h2-8,10-15,18,27,35H,9,16-17,19H2,1H3,(H,31,36)(H,30,32,33). The number of hydrogen-bond acceptors (Lipinski definition) is 6. The summed E-state index contributed by atoms with van der Waals surface area (Å²) in [6.07, 6.45) is 1.10. The highest BCUT2D eigenvalue weighted by Gasteiger charge is 2.34. The number of ether oxygens (including phenoxy) is 1. The van der Waals surface area contributed by atoms with E-state index in [0.717, 1.165) is 11.1 Å². The van der Waals surface area contributed by atoms with E-state index in [0.29, 0.717) is 53.9 Å². The van der Waals surface area contributed by atoms with Gasteiger partial charge in [-0.3, -0.25) is 4.79 Å². The molecule has 1 atom stereocenters. The normalized spacial score (nSPS) is 14.6. The Balaban J connectivity index is 1.50. The number of para-hydroxylation sites is 1. The molecular formula is C29H29N5O3. The third kappa shape index (κ3) is 5.54. The molecule has 2 heterocycles. The Morgan fingerprint density at radius 3 is 2.57 bits per heavy atom. The van der Waals surface area contributed by atoms with Gasteiger partial charge in [-0.05, 0) is 48.7 Å². The van der Waals surface area contributed by atoms with Gasteiger partial charge in [-0.2, -0.15) is 10.1 Å². The number of allylic oxidation sites excluding steroid dienone is 1. The number of carbonyl (C=O) groups excluding carboxylic acids is 1. The van der Waals surface area contributed by atoms with Gasteiger partial charge in [0.2, 0.25) is 5.95 Å². The molecule has 37 heavy (non-hydrogen) atoms. The topological polar surface area (TPSA) is 101 Å². The van der Waals surface area contributed by atoms with Crippen molar-refractivity contribution in [2.24, 2.45) is 0 Å². The van der Waals surface area contributed by atoms with Crippen molar-refractivity contribution in [2.75, 3.05) is 17.2 Å². The number of nitrogens with one attached hydrogen (secondary N) is 2. The van der Waals surface area contributed by atoms with Crippen molar-refractivity contribution in [1.82, 2.24) is 14.8 Å². The van der Waals surface area contributed by atoms with Gasteiger partial charge < -0.3 is 20.5 Å². The summed E-state index contributed by atoms with van der Waals surface area (Å²) in [4.78, 5) is 18.2. The average Bonchev–Trinajstić information content (AvgIpc) is 3.33. The molecule has 3 N–H and O–H groups in total. The van der Waals surface area contributed by atoms with Gasteiger partial charge in [-0.15, -0.1) is 0 Å². The van der Waals surface area contributed by atoms with E-state index < -0.39 is 6.04 Å². The lowest BCUT2D eigenvalue weighted by atomic mass is 9.95. The lowest BCUT2D eigenvalue weighted by molar-refractivity contribution is -0.113. The largest absolute Gasteiger partial charge is 0.489 e. The first-order valence-corrected chi connectivity index (χ1v) is 12.3. The summed E-state index contributed by atoms with van der Waals surface area (Å²) in [5, 5.41) is 20.2. The molecule has 0 saturated heterocycles. The zero-order chi connectivity index (χ0) is 25.6. The van der Waals surface area contributed by atoms with Crippen LogP contribution in [0.15, 0.2) is 96.2 Å². The third-order valence-corrected chi connectivity index (χ3v) is 6.15. The molecule has 1 amide bonds. The number of anilines is 2. The summed E-state index contributed by atoms with van der Waals surface area (Å²) in [6.45, 7) is 2.37. The molecule has 1 unspecified atom stereocenters. The Labute approximate surface area is 215 Å². The molecule has 0 spiro atoms. The van der Waals surface area contributed by atoms with E-state index in [2.05, 4.69) is 15.6 Å². The lowest BCUT2D eigenvalue weighted by Crippen LogP contribution is -2.31. The third-order valence-electron chi connectivity index (χ3n) is 6.15. The summed E-state index contributed by atoms with van der Waals surface area (Å²) in [5.74, 6) is 1.63. The summed E-state index contributed by atoms with van der Waals surface area (Å²) in [7, 11) is 0. The van der Waals surface area contributed by atoms with Gasteiger partial charge in [0.15, 0.2) is 5.82 Å². The molecule has 3 aromatic carbocycles. The predicted octanol–water partition coefficient (Wildman–Crippen LogP) is 4.71. The van der Waals surface area contributed by atoms with Crippen LogP contribution in [0.25, 0.3) is 0 Å². The van der Waals surface area contributed by atoms with Crippen LogP contribution in [0.4, 0.5) is 11.6 Å². The smallest absolute Gasteiger partial charge is 0.255 e. The number of fused-ring (bicyclic) bond motifs is 1. The Morgan fingerprint density at radius 1 is 1.05 bits per heavy atom. The molecule has 0 bridgehead atoms. The second kappa shape index (κ2) is 11.1. The van der Waals surface area contributed by atoms with Crippen LogP contribution in [0.5, 0.6) is 5.75 Å². The summed E-state index contributed by atoms with van der Waals surface area (Å²) in [6, 6.07) is 26.6. The van der Waals surface area contributed by atoms with Gasteiger partial charge in [0.1, 0.15) is 18.4 Å². The molecule has 1 aromatic heterocycles. The molecule has 8 heteroatoms. The fourth-order valence-corrected chi connectivity index (χ4v) is 4.38. The summed E-state index contributed by atoms with van der Waals surface area (Å²) >= 11 is 0. The Morgan fingerprint density at radius 2 is 1.81 bits per heavy atom. The van der Waals surface area contributed by atoms with E-state index in [1.54, 1.807) is 4.68 Å². The first kappa shape index (κ1) is 24.3. The monoisotopic (exact) mass is 495 g/mol. The number of aromatic nitrogens is 3. The number of carbonyl (C=O) groups is 1. The van der Waals surface area contributed by atoms with E-state index >= 15 is 0 Å². The average molecular weight is 496 g/mol. The van der Waals surface area contributed by atoms with Gasteiger partial charge >= 0.3 is 0 Å². The Bertz CT molecular complexity index is 1400. The summed E-state index contributed by atoms with van der Waals surface area (Å²) in [5.41, 5.74) is 3.86. The summed E-state index contributed by atoms with van der Waals surface area (Å²) < 4.78 is 7.83. The van der Waals surface area contributed by atoms with Crippen LogP contribution in [-0.2, 0) is 17.8 Å². The minimum atomic E-state index is -0.518. The van der Waals surface area contributed by atoms with Crippen molar-refractivity contribution in [3.05, 3.63) is 113 Å². The second-order valence-corrected chi connectivity index (χ2v) is 8.86. The molecule has 0 saturated carbocycles. The van der Waals surface area contributed by atoms with Gasteiger partial charge in [-0.25, -0.2) is 4.68 Å². The van der Waals surface area contributed by atoms with Crippen LogP contribution in [0.3, 0.4) is 0 Å². The van der Waals surface area contributed by atoms with E-state index in [1.165, 1.54) is 0 Å². The number of aliphatic hydroxyl groups is 1. The first-order valence-electron chi connectivity index (χ1n) is 12.3. The molecular weight excluding hydrogens is 466 g/mol. The number of aliphatic hydroxyl groups excluding tert-OH is 1. The maximum absolute atomic E-state index is 13.6. The second-order valence-electron chi connectivity index (χ2n) is 8.86. The Hall–Kier alpha value is -4.43. The number of rotatable bonds is 9. The molecule has 0 radical (unpaired) electrons. The molecule has 188 valence electrons.